The summed E-state index contributed by atoms with van der Waals surface area (Å²) in [6, 6.07) is -0.916. The van der Waals surface area contributed by atoms with E-state index in [1.165, 1.54) is 0 Å². The molecule has 0 saturated heterocycles. The van der Waals surface area contributed by atoms with Crippen LogP contribution in [0.3, 0.4) is 0 Å². The highest BCUT2D eigenvalue weighted by Crippen LogP contribution is 2.03. The van der Waals surface area contributed by atoms with Gasteiger partial charge in [0.15, 0.2) is 0 Å². The molecule has 10 heteroatoms. The Hall–Kier alpha value is -2.20. The van der Waals surface area contributed by atoms with Gasteiger partial charge in [-0.25, -0.2) is 0 Å². The Morgan fingerprint density at radius 1 is 0.667 bits per heavy atom. The fourth-order valence-electron chi connectivity index (χ4n) is 1.20. The average molecular weight is 260 g/mol. The van der Waals surface area contributed by atoms with Crippen LogP contribution in [0.4, 0.5) is 0 Å². The van der Waals surface area contributed by atoms with E-state index in [4.69, 9.17) is 0 Å². The lowest BCUT2D eigenvalue weighted by molar-refractivity contribution is -0.131. The summed E-state index contributed by atoms with van der Waals surface area (Å²) in [5.74, 6) is 0. The summed E-state index contributed by atoms with van der Waals surface area (Å²) in [6.07, 6.45) is 1.52. The second kappa shape index (κ2) is 8.90. The van der Waals surface area contributed by atoms with Gasteiger partial charge in [0.1, 0.15) is 0 Å². The summed E-state index contributed by atoms with van der Waals surface area (Å²) in [7, 11) is 0. The van der Waals surface area contributed by atoms with Gasteiger partial charge in [-0.3, -0.25) is 40.9 Å². The lowest BCUT2D eigenvalue weighted by Gasteiger charge is -2.35. The fourth-order valence-corrected chi connectivity index (χ4v) is 1.20. The minimum absolute atomic E-state index is 0.379. The predicted octanol–water partition coefficient (Wildman–Crippen LogP) is -2.99. The van der Waals surface area contributed by atoms with Gasteiger partial charge in [0.25, 0.3) is 0 Å². The van der Waals surface area contributed by atoms with Gasteiger partial charge in [-0.2, -0.15) is 0 Å². The molecule has 0 rings (SSSR count). The molecule has 0 aliphatic rings. The molecule has 0 spiro atoms. The van der Waals surface area contributed by atoms with Crippen molar-refractivity contribution < 1.29 is 19.2 Å². The van der Waals surface area contributed by atoms with Crippen molar-refractivity contribution in [2.24, 2.45) is 0 Å². The third kappa shape index (κ3) is 4.76. The maximum absolute atomic E-state index is 10.4. The number of carbonyl (C=O) groups excluding carboxylic acids is 4. The largest absolute Gasteiger partial charge is 0.277 e. The molecule has 18 heavy (non-hydrogen) atoms. The first-order valence-corrected chi connectivity index (χ1v) is 5.00. The van der Waals surface area contributed by atoms with Gasteiger partial charge < -0.3 is 0 Å². The van der Waals surface area contributed by atoms with Gasteiger partial charge in [0, 0.05) is 0 Å². The minimum Gasteiger partial charge on any atom is -0.277 e. The Labute approximate surface area is 104 Å². The Bertz CT molecular complexity index is 241. The minimum atomic E-state index is -0.458. The summed E-state index contributed by atoms with van der Waals surface area (Å²) in [5, 5.41) is 2.24. The van der Waals surface area contributed by atoms with Gasteiger partial charge in [0.05, 0.1) is 12.1 Å². The SMILES string of the molecule is CC([C@H](C)N(NC=O)NC=O)N(NC=O)NC=O. The molecule has 4 amide bonds. The molecule has 0 aromatic rings. The number of amides is 4. The van der Waals surface area contributed by atoms with Crippen LogP contribution in [0.2, 0.25) is 0 Å². The first-order valence-electron chi connectivity index (χ1n) is 5.00. The number of hydrazine groups is 4. The third-order valence-electron chi connectivity index (χ3n) is 2.28. The van der Waals surface area contributed by atoms with Crippen molar-refractivity contribution in [1.29, 1.82) is 0 Å². The van der Waals surface area contributed by atoms with Gasteiger partial charge in [0.2, 0.25) is 25.6 Å². The maximum atomic E-state index is 10.4. The fraction of sp³-hybridized carbons (Fsp3) is 0.500. The first kappa shape index (κ1) is 15.8. The van der Waals surface area contributed by atoms with Crippen molar-refractivity contribution in [3.05, 3.63) is 0 Å². The molecule has 0 radical (unpaired) electrons. The van der Waals surface area contributed by atoms with Crippen LogP contribution in [0.15, 0.2) is 0 Å². The Kier molecular flexibility index (Phi) is 7.81. The summed E-state index contributed by atoms with van der Waals surface area (Å²) < 4.78 is 0. The van der Waals surface area contributed by atoms with Gasteiger partial charge in [-0.1, -0.05) is 0 Å². The second-order valence-corrected chi connectivity index (χ2v) is 3.21. The van der Waals surface area contributed by atoms with Crippen molar-refractivity contribution in [1.82, 2.24) is 31.9 Å². The Balaban J connectivity index is 4.70. The number of nitrogens with one attached hydrogen (secondary N) is 4. The zero-order chi connectivity index (χ0) is 14.0. The van der Waals surface area contributed by atoms with Crippen molar-refractivity contribution in [3.8, 4) is 0 Å². The van der Waals surface area contributed by atoms with E-state index in [9.17, 15) is 19.2 Å². The van der Waals surface area contributed by atoms with Crippen molar-refractivity contribution in [3.63, 3.8) is 0 Å². The Morgan fingerprint density at radius 3 is 1.06 bits per heavy atom. The van der Waals surface area contributed by atoms with Gasteiger partial charge in [-0.15, -0.1) is 10.2 Å². The zero-order valence-electron chi connectivity index (χ0n) is 9.99. The smallest absolute Gasteiger partial charge is 0.222 e. The molecule has 0 heterocycles. The van der Waals surface area contributed by atoms with Crippen molar-refractivity contribution >= 4 is 25.6 Å². The monoisotopic (exact) mass is 260 g/mol. The number of rotatable bonds is 11. The predicted molar refractivity (Wildman–Crippen MR) is 59.4 cm³/mol. The molecule has 2 atom stereocenters. The standard InChI is InChI=1S/C8H16N6O4/c1-7(13(9-3-15)10-4-16)8(2)14(11-5-17)12-6-18/h3-8H,1-2H3,(H,9,15)(H,10,16)(H,11,17)(H,12,18)/t7-,8?/m0/s1. The number of carbonyl (C=O) groups is 4. The van der Waals surface area contributed by atoms with E-state index in [1.54, 1.807) is 13.8 Å². The maximum Gasteiger partial charge on any atom is 0.222 e. The molecule has 0 aromatic heterocycles. The summed E-state index contributed by atoms with van der Waals surface area (Å²) in [4.78, 5) is 41.5. The van der Waals surface area contributed by atoms with Crippen LogP contribution < -0.4 is 21.7 Å². The van der Waals surface area contributed by atoms with E-state index in [0.29, 0.717) is 25.6 Å². The van der Waals surface area contributed by atoms with E-state index in [1.807, 2.05) is 0 Å². The van der Waals surface area contributed by atoms with E-state index in [0.717, 1.165) is 10.2 Å². The average Bonchev–Trinajstić information content (AvgIpc) is 2.36. The van der Waals surface area contributed by atoms with Crippen LogP contribution >= 0.6 is 0 Å². The highest BCUT2D eigenvalue weighted by Gasteiger charge is 2.25. The lowest BCUT2D eigenvalue weighted by atomic mass is 10.2. The first-order chi connectivity index (χ1) is 8.62. The van der Waals surface area contributed by atoms with Crippen LogP contribution in [0, 0.1) is 0 Å². The van der Waals surface area contributed by atoms with E-state index in [-0.39, 0.29) is 0 Å². The van der Waals surface area contributed by atoms with Crippen LogP contribution in [0.25, 0.3) is 0 Å². The molecule has 1 unspecified atom stereocenters. The van der Waals surface area contributed by atoms with Crippen LogP contribution in [-0.4, -0.2) is 48.0 Å². The van der Waals surface area contributed by atoms with Gasteiger partial charge in [-0.05, 0) is 13.8 Å². The molecule has 0 saturated carbocycles. The number of hydrogen-bond donors (Lipinski definition) is 4. The molecular weight excluding hydrogens is 244 g/mol. The van der Waals surface area contributed by atoms with Crippen molar-refractivity contribution in [2.75, 3.05) is 0 Å². The molecule has 0 aliphatic heterocycles. The van der Waals surface area contributed by atoms with Crippen LogP contribution in [0.5, 0.6) is 0 Å². The third-order valence-corrected chi connectivity index (χ3v) is 2.28. The highest BCUT2D eigenvalue weighted by atomic mass is 16.2. The summed E-state index contributed by atoms with van der Waals surface area (Å²) in [5.41, 5.74) is 9.02. The molecule has 4 N–H and O–H groups in total. The lowest BCUT2D eigenvalue weighted by Crippen LogP contribution is -2.63. The van der Waals surface area contributed by atoms with Gasteiger partial charge >= 0.3 is 0 Å². The number of nitrogens with zero attached hydrogens (tertiary/aromatic N) is 2. The quantitative estimate of drug-likeness (QED) is 0.232. The molecule has 0 bridgehead atoms. The van der Waals surface area contributed by atoms with Crippen LogP contribution in [-0.2, 0) is 19.2 Å². The van der Waals surface area contributed by atoms with E-state index in [2.05, 4.69) is 21.7 Å². The van der Waals surface area contributed by atoms with E-state index < -0.39 is 12.1 Å². The Morgan fingerprint density at radius 2 is 0.889 bits per heavy atom. The topological polar surface area (TPSA) is 123 Å². The van der Waals surface area contributed by atoms with Crippen molar-refractivity contribution in [2.45, 2.75) is 25.9 Å². The molecule has 0 aliphatic carbocycles. The molecule has 102 valence electrons. The summed E-state index contributed by atoms with van der Waals surface area (Å²) >= 11 is 0. The normalized spacial score (nSPS) is 13.3. The molecule has 0 fully saturated rings. The number of hydrogen-bond acceptors (Lipinski definition) is 6. The highest BCUT2D eigenvalue weighted by molar-refractivity contribution is 5.49. The molecule has 0 aromatic carbocycles. The van der Waals surface area contributed by atoms with Crippen LogP contribution in [0.1, 0.15) is 13.8 Å². The second-order valence-electron chi connectivity index (χ2n) is 3.21. The molecule has 10 nitrogen and oxygen atoms in total. The zero-order valence-corrected chi connectivity index (χ0v) is 9.99. The molecular formula is C8H16N6O4. The van der Waals surface area contributed by atoms with E-state index >= 15 is 0 Å². The summed E-state index contributed by atoms with van der Waals surface area (Å²) in [6.45, 7) is 3.31.